The minimum Gasteiger partial charge on any atom is -0.508 e. The summed E-state index contributed by atoms with van der Waals surface area (Å²) in [4.78, 5) is 0. The van der Waals surface area contributed by atoms with Crippen LogP contribution < -0.4 is 5.32 Å². The van der Waals surface area contributed by atoms with Crippen LogP contribution in [0.2, 0.25) is 0 Å². The quantitative estimate of drug-likeness (QED) is 0.650. The van der Waals surface area contributed by atoms with Crippen molar-refractivity contribution in [1.82, 2.24) is 5.32 Å². The highest BCUT2D eigenvalue weighted by Crippen LogP contribution is 2.15. The molecule has 0 aliphatic carbocycles. The number of aliphatic hydroxyl groups is 1. The highest BCUT2D eigenvalue weighted by Gasteiger charge is 2.08. The molecule has 0 fully saturated rings. The van der Waals surface area contributed by atoms with Crippen molar-refractivity contribution in [2.24, 2.45) is 0 Å². The van der Waals surface area contributed by atoms with Gasteiger partial charge >= 0.3 is 0 Å². The van der Waals surface area contributed by atoms with E-state index >= 15 is 0 Å². The van der Waals surface area contributed by atoms with Crippen LogP contribution in [0.15, 0.2) is 24.3 Å². The Kier molecular flexibility index (Phi) is 3.92. The first-order chi connectivity index (χ1) is 6.77. The standard InChI is InChI=1S/C10H12N2O2/c11-7-10(12-5-6-13)8-1-3-9(14)4-2-8/h1-4,10,12-14H,5-6H2. The van der Waals surface area contributed by atoms with Crippen molar-refractivity contribution < 1.29 is 10.2 Å². The van der Waals surface area contributed by atoms with Crippen molar-refractivity contribution in [1.29, 1.82) is 5.26 Å². The normalized spacial score (nSPS) is 12.0. The predicted octanol–water partition coefficient (Wildman–Crippen LogP) is 0.539. The van der Waals surface area contributed by atoms with Crippen LogP contribution in [0.3, 0.4) is 0 Å². The van der Waals surface area contributed by atoms with E-state index < -0.39 is 6.04 Å². The van der Waals surface area contributed by atoms with E-state index in [1.165, 1.54) is 12.1 Å². The summed E-state index contributed by atoms with van der Waals surface area (Å²) < 4.78 is 0. The molecule has 1 unspecified atom stereocenters. The summed E-state index contributed by atoms with van der Waals surface area (Å²) >= 11 is 0. The average Bonchev–Trinajstić information content (AvgIpc) is 2.21. The van der Waals surface area contributed by atoms with E-state index in [9.17, 15) is 0 Å². The van der Waals surface area contributed by atoms with Crippen molar-refractivity contribution in [3.05, 3.63) is 29.8 Å². The second-order valence-electron chi connectivity index (χ2n) is 2.83. The van der Waals surface area contributed by atoms with Crippen LogP contribution in [-0.2, 0) is 0 Å². The topological polar surface area (TPSA) is 76.3 Å². The molecule has 1 aromatic carbocycles. The van der Waals surface area contributed by atoms with E-state index in [1.54, 1.807) is 12.1 Å². The first kappa shape index (κ1) is 10.5. The van der Waals surface area contributed by atoms with Crippen LogP contribution in [0.4, 0.5) is 0 Å². The van der Waals surface area contributed by atoms with Gasteiger partial charge in [0.05, 0.1) is 12.7 Å². The van der Waals surface area contributed by atoms with Crippen LogP contribution in [-0.4, -0.2) is 23.4 Å². The Bertz CT molecular complexity index is 316. The third-order valence-electron chi connectivity index (χ3n) is 1.82. The fourth-order valence-electron chi connectivity index (χ4n) is 1.11. The molecule has 0 spiro atoms. The number of phenols is 1. The molecule has 0 heterocycles. The molecule has 0 bridgehead atoms. The van der Waals surface area contributed by atoms with Crippen LogP contribution in [0.25, 0.3) is 0 Å². The molecule has 0 aliphatic heterocycles. The number of nitrogens with zero attached hydrogens (tertiary/aromatic N) is 1. The zero-order valence-corrected chi connectivity index (χ0v) is 7.64. The maximum atomic E-state index is 9.04. The van der Waals surface area contributed by atoms with Gasteiger partial charge in [0.1, 0.15) is 11.8 Å². The van der Waals surface area contributed by atoms with E-state index in [0.717, 1.165) is 5.56 Å². The van der Waals surface area contributed by atoms with Gasteiger partial charge in [0.25, 0.3) is 0 Å². The van der Waals surface area contributed by atoms with E-state index in [1.807, 2.05) is 0 Å². The Morgan fingerprint density at radius 1 is 1.36 bits per heavy atom. The molecule has 4 heteroatoms. The lowest BCUT2D eigenvalue weighted by Gasteiger charge is -2.10. The molecule has 1 aromatic rings. The zero-order chi connectivity index (χ0) is 10.4. The molecule has 1 atom stereocenters. The first-order valence-corrected chi connectivity index (χ1v) is 4.30. The van der Waals surface area contributed by atoms with Gasteiger partial charge in [0.15, 0.2) is 0 Å². The van der Waals surface area contributed by atoms with Gasteiger partial charge in [-0.1, -0.05) is 12.1 Å². The molecule has 3 N–H and O–H groups in total. The second kappa shape index (κ2) is 5.22. The number of rotatable bonds is 4. The number of phenolic OH excluding ortho intramolecular Hbond substituents is 1. The van der Waals surface area contributed by atoms with Crippen molar-refractivity contribution in [3.63, 3.8) is 0 Å². The van der Waals surface area contributed by atoms with E-state index in [2.05, 4.69) is 11.4 Å². The summed E-state index contributed by atoms with van der Waals surface area (Å²) in [5.41, 5.74) is 0.777. The smallest absolute Gasteiger partial charge is 0.121 e. The van der Waals surface area contributed by atoms with Crippen LogP contribution in [0.1, 0.15) is 11.6 Å². The van der Waals surface area contributed by atoms with Gasteiger partial charge in [-0.05, 0) is 17.7 Å². The molecule has 0 aromatic heterocycles. The Balaban J connectivity index is 2.70. The van der Waals surface area contributed by atoms with Crippen molar-refractivity contribution in [3.8, 4) is 11.8 Å². The largest absolute Gasteiger partial charge is 0.508 e. The Morgan fingerprint density at radius 3 is 2.50 bits per heavy atom. The number of benzene rings is 1. The maximum absolute atomic E-state index is 9.04. The third-order valence-corrected chi connectivity index (χ3v) is 1.82. The molecule has 14 heavy (non-hydrogen) atoms. The van der Waals surface area contributed by atoms with Crippen LogP contribution in [0.5, 0.6) is 5.75 Å². The number of hydrogen-bond donors (Lipinski definition) is 3. The number of aromatic hydroxyl groups is 1. The average molecular weight is 192 g/mol. The zero-order valence-electron chi connectivity index (χ0n) is 7.64. The monoisotopic (exact) mass is 192 g/mol. The summed E-state index contributed by atoms with van der Waals surface area (Å²) in [6.07, 6.45) is 0. The summed E-state index contributed by atoms with van der Waals surface area (Å²) in [7, 11) is 0. The molecule has 74 valence electrons. The number of nitriles is 1. The Hall–Kier alpha value is -1.57. The van der Waals surface area contributed by atoms with Gasteiger partial charge in [-0.15, -0.1) is 0 Å². The fraction of sp³-hybridized carbons (Fsp3) is 0.300. The summed E-state index contributed by atoms with van der Waals surface area (Å²) in [5, 5.41) is 29.3. The lowest BCUT2D eigenvalue weighted by molar-refractivity contribution is 0.289. The maximum Gasteiger partial charge on any atom is 0.121 e. The molecule has 0 saturated heterocycles. The van der Waals surface area contributed by atoms with Gasteiger partial charge in [-0.3, -0.25) is 5.32 Å². The molecule has 4 nitrogen and oxygen atoms in total. The third kappa shape index (κ3) is 2.73. The minimum atomic E-state index is -0.442. The predicted molar refractivity (Wildman–Crippen MR) is 51.5 cm³/mol. The SMILES string of the molecule is N#CC(NCCO)c1ccc(O)cc1. The summed E-state index contributed by atoms with van der Waals surface area (Å²) in [5.74, 6) is 0.174. The van der Waals surface area contributed by atoms with Gasteiger partial charge in [-0.25, -0.2) is 0 Å². The lowest BCUT2D eigenvalue weighted by atomic mass is 10.1. The minimum absolute atomic E-state index is 0.00371. The molecule has 0 saturated carbocycles. The Labute approximate surface area is 82.4 Å². The van der Waals surface area contributed by atoms with Gasteiger partial charge in [0.2, 0.25) is 0 Å². The van der Waals surface area contributed by atoms with Crippen molar-refractivity contribution in [2.75, 3.05) is 13.2 Å². The molecule has 0 aliphatic rings. The molecular formula is C10H12N2O2. The molecule has 0 radical (unpaired) electrons. The summed E-state index contributed by atoms with van der Waals surface area (Å²) in [6.45, 7) is 0.370. The number of nitrogens with one attached hydrogen (secondary N) is 1. The van der Waals surface area contributed by atoms with Gasteiger partial charge in [0, 0.05) is 6.54 Å². The number of hydrogen-bond acceptors (Lipinski definition) is 4. The highest BCUT2D eigenvalue weighted by molar-refractivity contribution is 5.30. The van der Waals surface area contributed by atoms with Crippen molar-refractivity contribution >= 4 is 0 Å². The highest BCUT2D eigenvalue weighted by atomic mass is 16.3. The van der Waals surface area contributed by atoms with Crippen molar-refractivity contribution in [2.45, 2.75) is 6.04 Å². The van der Waals surface area contributed by atoms with E-state index in [0.29, 0.717) is 6.54 Å². The molecular weight excluding hydrogens is 180 g/mol. The van der Waals surface area contributed by atoms with E-state index in [4.69, 9.17) is 15.5 Å². The molecule has 1 rings (SSSR count). The first-order valence-electron chi connectivity index (χ1n) is 4.30. The van der Waals surface area contributed by atoms with Crippen LogP contribution >= 0.6 is 0 Å². The second-order valence-corrected chi connectivity index (χ2v) is 2.83. The van der Waals surface area contributed by atoms with Gasteiger partial charge < -0.3 is 10.2 Å². The summed E-state index contributed by atoms with van der Waals surface area (Å²) in [6, 6.07) is 8.03. The lowest BCUT2D eigenvalue weighted by Crippen LogP contribution is -2.23. The van der Waals surface area contributed by atoms with Crippen LogP contribution in [0, 0.1) is 11.3 Å². The van der Waals surface area contributed by atoms with E-state index in [-0.39, 0.29) is 12.4 Å². The fourth-order valence-corrected chi connectivity index (χ4v) is 1.11. The van der Waals surface area contributed by atoms with Gasteiger partial charge in [-0.2, -0.15) is 5.26 Å². The number of aliphatic hydroxyl groups excluding tert-OH is 1. The Morgan fingerprint density at radius 2 is 2.00 bits per heavy atom. The molecule has 0 amide bonds.